The summed E-state index contributed by atoms with van der Waals surface area (Å²) in [4.78, 5) is 9.49. The molecule has 2 aliphatic rings. The van der Waals surface area contributed by atoms with Crippen molar-refractivity contribution in [1.82, 2.24) is 15.3 Å². The fourth-order valence-electron chi connectivity index (χ4n) is 3.50. The first-order chi connectivity index (χ1) is 12.1. The Morgan fingerprint density at radius 3 is 2.80 bits per heavy atom. The summed E-state index contributed by atoms with van der Waals surface area (Å²) >= 11 is 0. The molecule has 7 heteroatoms. The summed E-state index contributed by atoms with van der Waals surface area (Å²) in [5, 5.41) is 6.78. The minimum atomic E-state index is -2.85. The molecule has 3 heterocycles. The molecule has 1 aromatic carbocycles. The molecule has 0 amide bonds. The minimum absolute atomic E-state index is 0.164. The van der Waals surface area contributed by atoms with E-state index in [-0.39, 0.29) is 11.7 Å². The third kappa shape index (κ3) is 3.67. The molecular formula is C18H22N4O2S. The lowest BCUT2D eigenvalue weighted by molar-refractivity contribution is 0.594. The Hall–Kier alpha value is -1.99. The van der Waals surface area contributed by atoms with Crippen molar-refractivity contribution in [2.24, 2.45) is 5.92 Å². The number of sulfone groups is 1. The zero-order valence-electron chi connectivity index (χ0n) is 14.0. The normalized spacial score (nSPS) is 21.7. The molecule has 1 fully saturated rings. The highest BCUT2D eigenvalue weighted by atomic mass is 32.2. The Morgan fingerprint density at radius 2 is 2.04 bits per heavy atom. The fourth-order valence-corrected chi connectivity index (χ4v) is 5.36. The van der Waals surface area contributed by atoms with Gasteiger partial charge in [-0.05, 0) is 25.3 Å². The zero-order valence-corrected chi connectivity index (χ0v) is 14.8. The molecule has 0 saturated carbocycles. The van der Waals surface area contributed by atoms with E-state index in [0.29, 0.717) is 18.1 Å². The van der Waals surface area contributed by atoms with Crippen LogP contribution in [0.15, 0.2) is 30.3 Å². The molecular weight excluding hydrogens is 336 g/mol. The van der Waals surface area contributed by atoms with E-state index in [2.05, 4.69) is 10.6 Å². The molecule has 0 bridgehead atoms. The van der Waals surface area contributed by atoms with E-state index in [4.69, 9.17) is 9.97 Å². The van der Waals surface area contributed by atoms with Gasteiger partial charge in [0.25, 0.3) is 0 Å². The van der Waals surface area contributed by atoms with Gasteiger partial charge in [-0.1, -0.05) is 30.3 Å². The van der Waals surface area contributed by atoms with Crippen molar-refractivity contribution in [1.29, 1.82) is 0 Å². The predicted octanol–water partition coefficient (Wildman–Crippen LogP) is 1.64. The number of anilines is 1. The molecule has 1 unspecified atom stereocenters. The van der Waals surface area contributed by atoms with Crippen molar-refractivity contribution >= 4 is 15.7 Å². The zero-order chi connectivity index (χ0) is 17.3. The first-order valence-corrected chi connectivity index (χ1v) is 10.5. The summed E-state index contributed by atoms with van der Waals surface area (Å²) in [6.07, 6.45) is 1.62. The van der Waals surface area contributed by atoms with E-state index in [9.17, 15) is 8.42 Å². The second-order valence-corrected chi connectivity index (χ2v) is 8.99. The summed E-state index contributed by atoms with van der Waals surface area (Å²) < 4.78 is 23.3. The summed E-state index contributed by atoms with van der Waals surface area (Å²) in [6, 6.07) is 9.94. The second-order valence-electron chi connectivity index (χ2n) is 6.76. The van der Waals surface area contributed by atoms with Gasteiger partial charge in [-0.15, -0.1) is 0 Å². The second kappa shape index (κ2) is 6.72. The van der Waals surface area contributed by atoms with Crippen LogP contribution in [0.2, 0.25) is 0 Å². The van der Waals surface area contributed by atoms with Gasteiger partial charge in [0.2, 0.25) is 0 Å². The van der Waals surface area contributed by atoms with Gasteiger partial charge < -0.3 is 10.6 Å². The molecule has 132 valence electrons. The van der Waals surface area contributed by atoms with Crippen LogP contribution in [0.25, 0.3) is 11.4 Å². The van der Waals surface area contributed by atoms with Crippen molar-refractivity contribution in [3.05, 3.63) is 41.6 Å². The largest absolute Gasteiger partial charge is 0.369 e. The number of fused-ring (bicyclic) bond motifs is 1. The Kier molecular flexibility index (Phi) is 4.43. The van der Waals surface area contributed by atoms with Crippen molar-refractivity contribution in [3.8, 4) is 11.4 Å². The number of hydrogen-bond donors (Lipinski definition) is 2. The van der Waals surface area contributed by atoms with Crippen molar-refractivity contribution in [2.75, 3.05) is 29.9 Å². The van der Waals surface area contributed by atoms with Gasteiger partial charge in [-0.3, -0.25) is 0 Å². The predicted molar refractivity (Wildman–Crippen MR) is 98.1 cm³/mol. The fraction of sp³-hybridized carbons (Fsp3) is 0.444. The summed E-state index contributed by atoms with van der Waals surface area (Å²) in [5.74, 6) is 2.32. The molecule has 0 radical (unpaired) electrons. The number of rotatable bonds is 4. The number of benzene rings is 1. The maximum atomic E-state index is 11.7. The van der Waals surface area contributed by atoms with E-state index in [0.717, 1.165) is 48.6 Å². The van der Waals surface area contributed by atoms with Crippen LogP contribution in [0.4, 0.5) is 5.82 Å². The molecule has 2 aliphatic heterocycles. The third-order valence-electron chi connectivity index (χ3n) is 4.85. The standard InChI is InChI=1S/C18H22N4O2S/c23-25(24)9-7-13(12-25)10-20-18-15-6-8-19-11-16(15)21-17(22-18)14-4-2-1-3-5-14/h1-5,13,19H,6-12H2,(H,20,21,22). The van der Waals surface area contributed by atoms with Gasteiger partial charge in [0.1, 0.15) is 5.82 Å². The smallest absolute Gasteiger partial charge is 0.161 e. The Morgan fingerprint density at radius 1 is 1.20 bits per heavy atom. The molecule has 2 aromatic rings. The van der Waals surface area contributed by atoms with Crippen LogP contribution in [0.5, 0.6) is 0 Å². The van der Waals surface area contributed by atoms with E-state index < -0.39 is 9.84 Å². The van der Waals surface area contributed by atoms with Crippen LogP contribution >= 0.6 is 0 Å². The van der Waals surface area contributed by atoms with Crippen LogP contribution < -0.4 is 10.6 Å². The van der Waals surface area contributed by atoms with Gasteiger partial charge in [0.15, 0.2) is 15.7 Å². The van der Waals surface area contributed by atoms with Crippen LogP contribution in [0, 0.1) is 5.92 Å². The first-order valence-electron chi connectivity index (χ1n) is 8.71. The summed E-state index contributed by atoms with van der Waals surface area (Å²) in [6.45, 7) is 2.29. The molecule has 25 heavy (non-hydrogen) atoms. The van der Waals surface area contributed by atoms with Gasteiger partial charge >= 0.3 is 0 Å². The van der Waals surface area contributed by atoms with Crippen molar-refractivity contribution in [2.45, 2.75) is 19.4 Å². The van der Waals surface area contributed by atoms with Gasteiger partial charge in [0.05, 0.1) is 17.2 Å². The Bertz CT molecular complexity index is 868. The summed E-state index contributed by atoms with van der Waals surface area (Å²) in [5.41, 5.74) is 3.17. The molecule has 1 aromatic heterocycles. The Labute approximate surface area is 148 Å². The number of nitrogens with zero attached hydrogens (tertiary/aromatic N) is 2. The molecule has 1 saturated heterocycles. The molecule has 0 aliphatic carbocycles. The molecule has 4 rings (SSSR count). The quantitative estimate of drug-likeness (QED) is 0.864. The van der Waals surface area contributed by atoms with E-state index >= 15 is 0 Å². The van der Waals surface area contributed by atoms with Gasteiger partial charge in [0, 0.05) is 24.2 Å². The van der Waals surface area contributed by atoms with Crippen LogP contribution in [-0.4, -0.2) is 43.0 Å². The monoisotopic (exact) mass is 358 g/mol. The molecule has 1 atom stereocenters. The highest BCUT2D eigenvalue weighted by Gasteiger charge is 2.28. The molecule has 2 N–H and O–H groups in total. The highest BCUT2D eigenvalue weighted by molar-refractivity contribution is 7.91. The number of aromatic nitrogens is 2. The maximum Gasteiger partial charge on any atom is 0.161 e. The van der Waals surface area contributed by atoms with Gasteiger partial charge in [-0.25, -0.2) is 18.4 Å². The van der Waals surface area contributed by atoms with Crippen LogP contribution in [-0.2, 0) is 22.8 Å². The lowest BCUT2D eigenvalue weighted by Crippen LogP contribution is -2.27. The topological polar surface area (TPSA) is 84.0 Å². The van der Waals surface area contributed by atoms with Crippen LogP contribution in [0.1, 0.15) is 17.7 Å². The lowest BCUT2D eigenvalue weighted by atomic mass is 10.1. The highest BCUT2D eigenvalue weighted by Crippen LogP contribution is 2.26. The van der Waals surface area contributed by atoms with Gasteiger partial charge in [-0.2, -0.15) is 0 Å². The SMILES string of the molecule is O=S1(=O)CCC(CNc2nc(-c3ccccc3)nc3c2CCNC3)C1. The summed E-state index contributed by atoms with van der Waals surface area (Å²) in [7, 11) is -2.85. The minimum Gasteiger partial charge on any atom is -0.369 e. The van der Waals surface area contributed by atoms with Crippen molar-refractivity contribution in [3.63, 3.8) is 0 Å². The molecule has 6 nitrogen and oxygen atoms in total. The maximum absolute atomic E-state index is 11.7. The third-order valence-corrected chi connectivity index (χ3v) is 6.69. The van der Waals surface area contributed by atoms with Crippen LogP contribution in [0.3, 0.4) is 0 Å². The van der Waals surface area contributed by atoms with E-state index in [1.165, 1.54) is 0 Å². The Balaban J connectivity index is 1.61. The number of hydrogen-bond acceptors (Lipinski definition) is 6. The number of nitrogens with one attached hydrogen (secondary N) is 2. The molecule has 0 spiro atoms. The van der Waals surface area contributed by atoms with Crippen molar-refractivity contribution < 1.29 is 8.42 Å². The first kappa shape index (κ1) is 16.5. The van der Waals surface area contributed by atoms with E-state index in [1.54, 1.807) is 0 Å². The average Bonchev–Trinajstić information content (AvgIpc) is 2.99. The average molecular weight is 358 g/mol. The lowest BCUT2D eigenvalue weighted by Gasteiger charge is -2.21. The van der Waals surface area contributed by atoms with E-state index in [1.807, 2.05) is 30.3 Å².